The van der Waals surface area contributed by atoms with E-state index in [1.165, 1.54) is 45.2 Å². The van der Waals surface area contributed by atoms with Crippen LogP contribution >= 0.6 is 11.6 Å². The van der Waals surface area contributed by atoms with Gasteiger partial charge in [0.15, 0.2) is 17.3 Å². The molecule has 0 aliphatic heterocycles. The van der Waals surface area contributed by atoms with Gasteiger partial charge in [-0.05, 0) is 26.0 Å². The molecule has 13 nitrogen and oxygen atoms in total. The molecule has 0 aliphatic carbocycles. The van der Waals surface area contributed by atoms with Crippen LogP contribution in [0.3, 0.4) is 0 Å². The monoisotopic (exact) mass is 549 g/mol. The second kappa shape index (κ2) is 10.7. The normalized spacial score (nSPS) is 13.2. The zero-order chi connectivity index (χ0) is 26.7. The number of methoxy groups -OCH3 is 3. The van der Waals surface area contributed by atoms with Crippen molar-refractivity contribution in [1.29, 1.82) is 0 Å². The Morgan fingerprint density at radius 3 is 2.27 bits per heavy atom. The minimum absolute atomic E-state index is 0.141. The van der Waals surface area contributed by atoms with Gasteiger partial charge in [-0.15, -0.1) is 10.2 Å². The SMILES string of the molecule is COc1cccc(OC)c1-n1c(NS(=O)(=O)[C@@H](C)[C@H](OC)c2ncc(Cl)cn2)nnc1-c1cc(C)on1. The average molecular weight is 550 g/mol. The van der Waals surface area contributed by atoms with Crippen LogP contribution in [0.1, 0.15) is 24.6 Å². The van der Waals surface area contributed by atoms with Gasteiger partial charge < -0.3 is 18.7 Å². The van der Waals surface area contributed by atoms with Crippen molar-refractivity contribution >= 4 is 27.6 Å². The number of sulfonamides is 1. The van der Waals surface area contributed by atoms with Gasteiger partial charge >= 0.3 is 0 Å². The number of halogens is 1. The van der Waals surface area contributed by atoms with Gasteiger partial charge in [-0.3, -0.25) is 9.29 Å². The number of rotatable bonds is 10. The summed E-state index contributed by atoms with van der Waals surface area (Å²) in [5.74, 6) is 1.47. The fourth-order valence-corrected chi connectivity index (χ4v) is 4.84. The van der Waals surface area contributed by atoms with Gasteiger partial charge in [-0.25, -0.2) is 18.4 Å². The van der Waals surface area contributed by atoms with Crippen molar-refractivity contribution in [2.45, 2.75) is 25.2 Å². The Bertz CT molecular complexity index is 1470. The Morgan fingerprint density at radius 2 is 1.73 bits per heavy atom. The Morgan fingerprint density at radius 1 is 1.08 bits per heavy atom. The highest BCUT2D eigenvalue weighted by Gasteiger charge is 2.35. The molecule has 0 radical (unpaired) electrons. The molecule has 1 N–H and O–H groups in total. The largest absolute Gasteiger partial charge is 0.494 e. The molecule has 0 bridgehead atoms. The first kappa shape index (κ1) is 26.3. The first-order chi connectivity index (χ1) is 17.7. The van der Waals surface area contributed by atoms with Crippen LogP contribution in [0.5, 0.6) is 11.5 Å². The zero-order valence-electron chi connectivity index (χ0n) is 20.5. The van der Waals surface area contributed by atoms with Gasteiger partial charge in [0.2, 0.25) is 16.0 Å². The third kappa shape index (κ3) is 5.21. The third-order valence-electron chi connectivity index (χ3n) is 5.44. The number of nitrogens with one attached hydrogen (secondary N) is 1. The van der Waals surface area contributed by atoms with Crippen molar-refractivity contribution in [3.63, 3.8) is 0 Å². The van der Waals surface area contributed by atoms with Gasteiger partial charge in [0, 0.05) is 25.6 Å². The van der Waals surface area contributed by atoms with E-state index < -0.39 is 21.4 Å². The van der Waals surface area contributed by atoms with E-state index in [2.05, 4.69) is 30.0 Å². The molecule has 0 spiro atoms. The van der Waals surface area contributed by atoms with Crippen molar-refractivity contribution < 1.29 is 27.2 Å². The van der Waals surface area contributed by atoms with Crippen LogP contribution in [0.15, 0.2) is 41.2 Å². The summed E-state index contributed by atoms with van der Waals surface area (Å²) in [4.78, 5) is 8.20. The number of aromatic nitrogens is 6. The second-order valence-corrected chi connectivity index (χ2v) is 10.3. The highest BCUT2D eigenvalue weighted by molar-refractivity contribution is 7.93. The summed E-state index contributed by atoms with van der Waals surface area (Å²) >= 11 is 5.87. The molecular weight excluding hydrogens is 526 g/mol. The molecule has 37 heavy (non-hydrogen) atoms. The molecule has 3 heterocycles. The van der Waals surface area contributed by atoms with Crippen LogP contribution in [-0.2, 0) is 14.8 Å². The van der Waals surface area contributed by atoms with Crippen molar-refractivity contribution in [1.82, 2.24) is 29.9 Å². The summed E-state index contributed by atoms with van der Waals surface area (Å²) in [6.07, 6.45) is 1.71. The van der Waals surface area contributed by atoms with Crippen LogP contribution in [0.25, 0.3) is 17.2 Å². The molecule has 15 heteroatoms. The number of ether oxygens (including phenoxy) is 3. The minimum atomic E-state index is -4.15. The summed E-state index contributed by atoms with van der Waals surface area (Å²) in [6.45, 7) is 3.18. The van der Waals surface area contributed by atoms with Crippen LogP contribution in [0.4, 0.5) is 5.95 Å². The molecule has 0 saturated carbocycles. The first-order valence-corrected chi connectivity index (χ1v) is 12.7. The quantitative estimate of drug-likeness (QED) is 0.309. The lowest BCUT2D eigenvalue weighted by molar-refractivity contribution is 0.0950. The molecule has 2 atom stereocenters. The van der Waals surface area contributed by atoms with E-state index in [-0.39, 0.29) is 17.6 Å². The van der Waals surface area contributed by atoms with Crippen LogP contribution in [-0.4, -0.2) is 64.9 Å². The Kier molecular flexibility index (Phi) is 7.61. The lowest BCUT2D eigenvalue weighted by Crippen LogP contribution is -2.33. The Hall–Kier alpha value is -3.75. The lowest BCUT2D eigenvalue weighted by Gasteiger charge is -2.22. The molecule has 4 aromatic rings. The van der Waals surface area contributed by atoms with Gasteiger partial charge in [-0.1, -0.05) is 22.8 Å². The third-order valence-corrected chi connectivity index (χ3v) is 7.33. The first-order valence-electron chi connectivity index (χ1n) is 10.8. The smallest absolute Gasteiger partial charge is 0.243 e. The van der Waals surface area contributed by atoms with E-state index in [0.717, 1.165) is 0 Å². The molecule has 0 aliphatic rings. The van der Waals surface area contributed by atoms with Gasteiger partial charge in [0.05, 0.1) is 19.2 Å². The predicted molar refractivity (Wildman–Crippen MR) is 133 cm³/mol. The van der Waals surface area contributed by atoms with Gasteiger partial charge in [0.25, 0.3) is 0 Å². The average Bonchev–Trinajstić information content (AvgIpc) is 3.50. The standard InChI is InChI=1S/C22H24ClN7O6S/c1-12-9-15(28-36-12)21-26-27-22(30(21)18-16(33-3)7-6-8-17(18)34-4)29-37(31,32)13(2)19(35-5)20-24-10-14(23)11-25-20/h6-11,13,19H,1-5H3,(H,27,29)/t13-,19-/m0/s1. The molecular formula is C22H24ClN7O6S. The maximum absolute atomic E-state index is 13.5. The molecule has 3 aromatic heterocycles. The molecule has 0 amide bonds. The molecule has 4 rings (SSSR count). The minimum Gasteiger partial charge on any atom is -0.494 e. The summed E-state index contributed by atoms with van der Waals surface area (Å²) in [5.41, 5.74) is 0.670. The van der Waals surface area contributed by atoms with Crippen molar-refractivity contribution in [3.8, 4) is 28.7 Å². The lowest BCUT2D eigenvalue weighted by atomic mass is 10.2. The van der Waals surface area contributed by atoms with Gasteiger partial charge in [0.1, 0.15) is 34.3 Å². The highest BCUT2D eigenvalue weighted by Crippen LogP contribution is 2.38. The highest BCUT2D eigenvalue weighted by atomic mass is 35.5. The summed E-state index contributed by atoms with van der Waals surface area (Å²) in [6, 6.07) is 6.75. The number of benzene rings is 1. The fraction of sp³-hybridized carbons (Fsp3) is 0.318. The van der Waals surface area contributed by atoms with E-state index in [0.29, 0.717) is 33.7 Å². The fourth-order valence-electron chi connectivity index (χ4n) is 3.61. The van der Waals surface area contributed by atoms with E-state index in [1.807, 2.05) is 0 Å². The Labute approximate surface area is 217 Å². The molecule has 0 saturated heterocycles. The van der Waals surface area contributed by atoms with E-state index in [9.17, 15) is 8.42 Å². The van der Waals surface area contributed by atoms with E-state index in [1.54, 1.807) is 31.2 Å². The number of hydrogen-bond acceptors (Lipinski definition) is 11. The van der Waals surface area contributed by atoms with Gasteiger partial charge in [-0.2, -0.15) is 0 Å². The molecule has 0 unspecified atom stereocenters. The number of anilines is 1. The van der Waals surface area contributed by atoms with Crippen molar-refractivity contribution in [2.24, 2.45) is 0 Å². The van der Waals surface area contributed by atoms with Crippen LogP contribution in [0, 0.1) is 6.92 Å². The van der Waals surface area contributed by atoms with E-state index >= 15 is 0 Å². The molecule has 1 aromatic carbocycles. The number of nitrogens with zero attached hydrogens (tertiary/aromatic N) is 6. The predicted octanol–water partition coefficient (Wildman–Crippen LogP) is 3.21. The molecule has 196 valence electrons. The number of aryl methyl sites for hydroxylation is 1. The summed E-state index contributed by atoms with van der Waals surface area (Å²) in [5, 5.41) is 11.5. The van der Waals surface area contributed by atoms with Crippen LogP contribution in [0.2, 0.25) is 5.02 Å². The topological polar surface area (TPSA) is 156 Å². The summed E-state index contributed by atoms with van der Waals surface area (Å²) < 4.78 is 52.7. The van der Waals surface area contributed by atoms with Crippen LogP contribution < -0.4 is 14.2 Å². The number of para-hydroxylation sites is 1. The van der Waals surface area contributed by atoms with Crippen molar-refractivity contribution in [2.75, 3.05) is 26.1 Å². The number of hydrogen-bond donors (Lipinski definition) is 1. The van der Waals surface area contributed by atoms with E-state index in [4.69, 9.17) is 30.3 Å². The maximum atomic E-state index is 13.5. The second-order valence-electron chi connectivity index (χ2n) is 7.78. The van der Waals surface area contributed by atoms with Crippen molar-refractivity contribution in [3.05, 3.63) is 53.3 Å². The summed E-state index contributed by atoms with van der Waals surface area (Å²) in [7, 11) is 0.162. The molecule has 0 fully saturated rings. The zero-order valence-corrected chi connectivity index (χ0v) is 22.1. The maximum Gasteiger partial charge on any atom is 0.243 e. The Balaban J connectivity index is 1.82.